The number of nitrogens with zero attached hydrogens (tertiary/aromatic N) is 2. The van der Waals surface area contributed by atoms with Gasteiger partial charge in [0.15, 0.2) is 0 Å². The number of amides is 1. The molecule has 1 aromatic heterocycles. The van der Waals surface area contributed by atoms with Crippen LogP contribution in [0.3, 0.4) is 0 Å². The molecular weight excluding hydrogens is 286 g/mol. The summed E-state index contributed by atoms with van der Waals surface area (Å²) in [6, 6.07) is -1.44. The summed E-state index contributed by atoms with van der Waals surface area (Å²) in [6.07, 6.45) is 1.08. The van der Waals surface area contributed by atoms with Gasteiger partial charge in [-0.3, -0.25) is 4.79 Å². The zero-order valence-corrected chi connectivity index (χ0v) is 13.2. The monoisotopic (exact) mass is 311 g/mol. The van der Waals surface area contributed by atoms with Crippen molar-refractivity contribution in [2.75, 3.05) is 6.61 Å². The molecule has 1 aromatic rings. The zero-order valence-electron chi connectivity index (χ0n) is 13.2. The number of nitrogens with one attached hydrogen (secondary N) is 1. The van der Waals surface area contributed by atoms with Gasteiger partial charge in [-0.25, -0.2) is 4.98 Å². The third-order valence-corrected chi connectivity index (χ3v) is 4.05. The van der Waals surface area contributed by atoms with E-state index in [9.17, 15) is 20.1 Å². The van der Waals surface area contributed by atoms with Crippen LogP contribution >= 0.6 is 0 Å². The first-order valence-electron chi connectivity index (χ1n) is 7.75. The highest BCUT2D eigenvalue weighted by Crippen LogP contribution is 2.32. The highest BCUT2D eigenvalue weighted by Gasteiger charge is 2.43. The molecule has 2 unspecified atom stereocenters. The molecule has 1 aliphatic heterocycles. The van der Waals surface area contributed by atoms with Gasteiger partial charge in [-0.05, 0) is 6.42 Å². The van der Waals surface area contributed by atoms with Crippen LogP contribution in [0.1, 0.15) is 50.8 Å². The van der Waals surface area contributed by atoms with Crippen molar-refractivity contribution in [3.05, 3.63) is 17.7 Å². The second kappa shape index (κ2) is 6.76. The first-order chi connectivity index (χ1) is 10.4. The summed E-state index contributed by atoms with van der Waals surface area (Å²) in [6.45, 7) is 5.24. The van der Waals surface area contributed by atoms with Crippen molar-refractivity contribution in [1.29, 1.82) is 0 Å². The molecule has 0 saturated carbocycles. The molecule has 22 heavy (non-hydrogen) atoms. The predicted octanol–water partition coefficient (Wildman–Crippen LogP) is -0.0823. The summed E-state index contributed by atoms with van der Waals surface area (Å²) >= 11 is 0. The number of carbonyl (C=O) groups excluding carboxylic acids is 1. The Labute approximate surface area is 130 Å². The Morgan fingerprint density at radius 1 is 1.41 bits per heavy atom. The molecule has 0 spiro atoms. The summed E-state index contributed by atoms with van der Waals surface area (Å²) in [7, 11) is 0. The molecule has 2 heterocycles. The smallest absolute Gasteiger partial charge is 0.223 e. The van der Waals surface area contributed by atoms with Gasteiger partial charge in [0.05, 0.1) is 18.3 Å². The van der Waals surface area contributed by atoms with Crippen LogP contribution in [0.4, 0.5) is 0 Å². The fraction of sp³-hybridized carbons (Fsp3) is 0.733. The van der Waals surface area contributed by atoms with E-state index in [-0.39, 0.29) is 18.4 Å². The maximum Gasteiger partial charge on any atom is 0.223 e. The minimum Gasteiger partial charge on any atom is -0.394 e. The second-order valence-electron chi connectivity index (χ2n) is 6.12. The normalized spacial score (nSPS) is 27.8. The minimum atomic E-state index is -1.20. The van der Waals surface area contributed by atoms with Crippen molar-refractivity contribution < 1.29 is 20.1 Å². The molecule has 7 heteroatoms. The SMILES string of the molecule is CCCc1cn2c(n1)C(NC(=O)C(C)C)[C@@H](O)[C@H](O)C2CO. The van der Waals surface area contributed by atoms with E-state index in [0.29, 0.717) is 5.82 Å². The van der Waals surface area contributed by atoms with Crippen molar-refractivity contribution in [2.24, 2.45) is 5.92 Å². The molecular formula is C15H25N3O4. The predicted molar refractivity (Wildman–Crippen MR) is 80.1 cm³/mol. The molecule has 0 bridgehead atoms. The van der Waals surface area contributed by atoms with Gasteiger partial charge in [0.1, 0.15) is 24.1 Å². The summed E-state index contributed by atoms with van der Waals surface area (Å²) in [5.74, 6) is 0.0259. The fourth-order valence-electron chi connectivity index (χ4n) is 2.74. The maximum absolute atomic E-state index is 12.0. The van der Waals surface area contributed by atoms with Crippen molar-refractivity contribution in [1.82, 2.24) is 14.9 Å². The molecule has 7 nitrogen and oxygen atoms in total. The summed E-state index contributed by atoms with van der Waals surface area (Å²) in [5, 5.41) is 32.8. The lowest BCUT2D eigenvalue weighted by Gasteiger charge is -2.38. The van der Waals surface area contributed by atoms with E-state index in [0.717, 1.165) is 18.5 Å². The molecule has 4 atom stereocenters. The first kappa shape index (κ1) is 16.9. The van der Waals surface area contributed by atoms with Crippen LogP contribution in [0.25, 0.3) is 0 Å². The third kappa shape index (κ3) is 3.02. The Bertz CT molecular complexity index is 529. The fourth-order valence-corrected chi connectivity index (χ4v) is 2.74. The van der Waals surface area contributed by atoms with Gasteiger partial charge in [-0.2, -0.15) is 0 Å². The Morgan fingerprint density at radius 2 is 2.09 bits per heavy atom. The summed E-state index contributed by atoms with van der Waals surface area (Å²) in [5.41, 5.74) is 0.820. The van der Waals surface area contributed by atoms with Crippen LogP contribution in [-0.2, 0) is 11.2 Å². The average Bonchev–Trinajstić information content (AvgIpc) is 2.87. The molecule has 4 N–H and O–H groups in total. The average molecular weight is 311 g/mol. The second-order valence-corrected chi connectivity index (χ2v) is 6.12. The van der Waals surface area contributed by atoms with Gasteiger partial charge < -0.3 is 25.2 Å². The first-order valence-corrected chi connectivity index (χ1v) is 7.75. The van der Waals surface area contributed by atoms with Gasteiger partial charge in [0.25, 0.3) is 0 Å². The Balaban J connectivity index is 2.39. The van der Waals surface area contributed by atoms with Crippen molar-refractivity contribution in [3.63, 3.8) is 0 Å². The van der Waals surface area contributed by atoms with Crippen molar-refractivity contribution in [2.45, 2.75) is 57.9 Å². The molecule has 1 amide bonds. The van der Waals surface area contributed by atoms with Gasteiger partial charge in [-0.15, -0.1) is 0 Å². The maximum atomic E-state index is 12.0. The number of imidazole rings is 1. The van der Waals surface area contributed by atoms with Gasteiger partial charge in [0, 0.05) is 12.1 Å². The van der Waals surface area contributed by atoms with E-state index in [4.69, 9.17) is 0 Å². The van der Waals surface area contributed by atoms with Gasteiger partial charge in [0.2, 0.25) is 5.91 Å². The van der Waals surface area contributed by atoms with E-state index in [2.05, 4.69) is 10.3 Å². The van der Waals surface area contributed by atoms with Crippen LogP contribution in [0, 0.1) is 5.92 Å². The highest BCUT2D eigenvalue weighted by atomic mass is 16.3. The molecule has 0 radical (unpaired) electrons. The molecule has 0 fully saturated rings. The van der Waals surface area contributed by atoms with Crippen LogP contribution in [0.2, 0.25) is 0 Å². The number of aromatic nitrogens is 2. The van der Waals surface area contributed by atoms with E-state index in [1.807, 2.05) is 6.92 Å². The van der Waals surface area contributed by atoms with E-state index < -0.39 is 24.3 Å². The number of hydrogen-bond acceptors (Lipinski definition) is 5. The molecule has 0 aromatic carbocycles. The molecule has 124 valence electrons. The number of aliphatic hydroxyl groups is 3. The van der Waals surface area contributed by atoms with Crippen LogP contribution in [0.15, 0.2) is 6.20 Å². The summed E-state index contributed by atoms with van der Waals surface area (Å²) in [4.78, 5) is 16.4. The standard InChI is InChI=1S/C15H25N3O4/c1-4-5-9-6-18-10(7-19)12(20)13(21)11(14(18)16-9)17-15(22)8(2)3/h6,8,10-13,19-21H,4-5,7H2,1-3H3,(H,17,22)/t10?,11?,12-,13-/m1/s1. The highest BCUT2D eigenvalue weighted by molar-refractivity contribution is 5.78. The molecule has 2 rings (SSSR count). The van der Waals surface area contributed by atoms with Crippen molar-refractivity contribution in [3.8, 4) is 0 Å². The lowest BCUT2D eigenvalue weighted by Crippen LogP contribution is -2.52. The third-order valence-electron chi connectivity index (χ3n) is 4.05. The lowest BCUT2D eigenvalue weighted by molar-refractivity contribution is -0.128. The quantitative estimate of drug-likeness (QED) is 0.608. The Morgan fingerprint density at radius 3 is 2.64 bits per heavy atom. The Kier molecular flexibility index (Phi) is 5.20. The molecule has 1 aliphatic rings. The van der Waals surface area contributed by atoms with Gasteiger partial charge in [-0.1, -0.05) is 27.2 Å². The zero-order chi connectivity index (χ0) is 16.4. The lowest BCUT2D eigenvalue weighted by atomic mass is 9.93. The molecule has 0 saturated heterocycles. The number of aliphatic hydroxyl groups excluding tert-OH is 3. The van der Waals surface area contributed by atoms with E-state index >= 15 is 0 Å². The van der Waals surface area contributed by atoms with Crippen molar-refractivity contribution >= 4 is 5.91 Å². The topological polar surface area (TPSA) is 108 Å². The number of carbonyl (C=O) groups is 1. The Hall–Kier alpha value is -1.44. The number of aryl methyl sites for hydroxylation is 1. The largest absolute Gasteiger partial charge is 0.394 e. The molecule has 0 aliphatic carbocycles. The number of fused-ring (bicyclic) bond motifs is 1. The van der Waals surface area contributed by atoms with Crippen LogP contribution < -0.4 is 5.32 Å². The van der Waals surface area contributed by atoms with E-state index in [1.165, 1.54) is 0 Å². The summed E-state index contributed by atoms with van der Waals surface area (Å²) < 4.78 is 1.67. The van der Waals surface area contributed by atoms with E-state index in [1.54, 1.807) is 24.6 Å². The minimum absolute atomic E-state index is 0.217. The number of rotatable bonds is 5. The van der Waals surface area contributed by atoms with Gasteiger partial charge >= 0.3 is 0 Å². The van der Waals surface area contributed by atoms with Crippen LogP contribution in [-0.4, -0.2) is 49.6 Å². The number of hydrogen-bond donors (Lipinski definition) is 4. The van der Waals surface area contributed by atoms with Crippen LogP contribution in [0.5, 0.6) is 0 Å².